The second-order valence-electron chi connectivity index (χ2n) is 4.95. The summed E-state index contributed by atoms with van der Waals surface area (Å²) in [5.41, 5.74) is 7.20. The molecule has 0 fully saturated rings. The van der Waals surface area contributed by atoms with Crippen molar-refractivity contribution in [2.45, 2.75) is 39.7 Å². The Morgan fingerprint density at radius 2 is 2.00 bits per heavy atom. The van der Waals surface area contributed by atoms with E-state index in [1.54, 1.807) is 0 Å². The van der Waals surface area contributed by atoms with Gasteiger partial charge in [0.2, 0.25) is 0 Å². The van der Waals surface area contributed by atoms with E-state index in [1.165, 1.54) is 18.5 Å². The summed E-state index contributed by atoms with van der Waals surface area (Å²) in [6.45, 7) is 9.54. The van der Waals surface area contributed by atoms with E-state index < -0.39 is 0 Å². The van der Waals surface area contributed by atoms with Crippen LogP contribution in [-0.4, -0.2) is 34.1 Å². The number of imidazole rings is 1. The zero-order chi connectivity index (χ0) is 13.5. The lowest BCUT2D eigenvalue weighted by atomic mass is 10.0. The molecule has 104 valence electrons. The molecule has 18 heavy (non-hydrogen) atoms. The standard InChI is InChI=1S/C14H28N4/c1-5-12(6-2)10-18(7-3)13(8-15)14-9-16-11-17(14)4/h9,11-13H,5-8,10,15H2,1-4H3. The van der Waals surface area contributed by atoms with Gasteiger partial charge in [-0.25, -0.2) is 4.98 Å². The van der Waals surface area contributed by atoms with E-state index in [0.717, 1.165) is 19.0 Å². The number of nitrogens with two attached hydrogens (primary N) is 1. The van der Waals surface area contributed by atoms with E-state index >= 15 is 0 Å². The van der Waals surface area contributed by atoms with Crippen molar-refractivity contribution in [3.05, 3.63) is 18.2 Å². The molecule has 0 aromatic carbocycles. The summed E-state index contributed by atoms with van der Waals surface area (Å²) in [5, 5.41) is 0. The minimum absolute atomic E-state index is 0.281. The predicted molar refractivity (Wildman–Crippen MR) is 76.3 cm³/mol. The fourth-order valence-electron chi connectivity index (χ4n) is 2.50. The number of likely N-dealkylation sites (N-methyl/N-ethyl adjacent to an activating group) is 1. The normalized spacial score (nSPS) is 13.5. The highest BCUT2D eigenvalue weighted by Crippen LogP contribution is 2.21. The van der Waals surface area contributed by atoms with Gasteiger partial charge in [0.05, 0.1) is 18.1 Å². The van der Waals surface area contributed by atoms with Crippen LogP contribution in [-0.2, 0) is 7.05 Å². The number of hydrogen-bond donors (Lipinski definition) is 1. The molecule has 1 unspecified atom stereocenters. The van der Waals surface area contributed by atoms with Crippen LogP contribution >= 0.6 is 0 Å². The highest BCUT2D eigenvalue weighted by atomic mass is 15.2. The fourth-order valence-corrected chi connectivity index (χ4v) is 2.50. The average Bonchev–Trinajstić information content (AvgIpc) is 2.81. The molecule has 4 heteroatoms. The van der Waals surface area contributed by atoms with E-state index in [0.29, 0.717) is 6.54 Å². The van der Waals surface area contributed by atoms with Gasteiger partial charge in [-0.3, -0.25) is 4.90 Å². The maximum absolute atomic E-state index is 5.99. The smallest absolute Gasteiger partial charge is 0.0946 e. The van der Waals surface area contributed by atoms with Crippen molar-refractivity contribution in [1.82, 2.24) is 14.5 Å². The lowest BCUT2D eigenvalue weighted by Gasteiger charge is -2.32. The monoisotopic (exact) mass is 252 g/mol. The van der Waals surface area contributed by atoms with Gasteiger partial charge < -0.3 is 10.3 Å². The van der Waals surface area contributed by atoms with E-state index in [1.807, 2.05) is 19.6 Å². The molecule has 0 bridgehead atoms. The summed E-state index contributed by atoms with van der Waals surface area (Å²) in [6.07, 6.45) is 6.25. The Labute approximate surface area is 111 Å². The molecule has 0 saturated carbocycles. The van der Waals surface area contributed by atoms with Gasteiger partial charge in [-0.05, 0) is 12.5 Å². The van der Waals surface area contributed by atoms with Crippen LogP contribution in [0.2, 0.25) is 0 Å². The summed E-state index contributed by atoms with van der Waals surface area (Å²) in [6, 6.07) is 0.281. The third-order valence-electron chi connectivity index (χ3n) is 3.91. The zero-order valence-corrected chi connectivity index (χ0v) is 12.3. The van der Waals surface area contributed by atoms with Gasteiger partial charge in [0, 0.05) is 26.3 Å². The number of aromatic nitrogens is 2. The molecule has 0 aliphatic carbocycles. The van der Waals surface area contributed by atoms with Crippen LogP contribution in [0, 0.1) is 5.92 Å². The number of aryl methyl sites for hydroxylation is 1. The maximum Gasteiger partial charge on any atom is 0.0946 e. The molecular formula is C14H28N4. The summed E-state index contributed by atoms with van der Waals surface area (Å²) in [5.74, 6) is 0.757. The van der Waals surface area contributed by atoms with Gasteiger partial charge >= 0.3 is 0 Å². The van der Waals surface area contributed by atoms with Gasteiger partial charge in [-0.1, -0.05) is 33.6 Å². The lowest BCUT2D eigenvalue weighted by Crippen LogP contribution is -2.37. The van der Waals surface area contributed by atoms with Crippen molar-refractivity contribution in [1.29, 1.82) is 0 Å². The van der Waals surface area contributed by atoms with Crippen molar-refractivity contribution in [2.75, 3.05) is 19.6 Å². The Bertz CT molecular complexity index is 330. The molecule has 0 saturated heterocycles. The fraction of sp³-hybridized carbons (Fsp3) is 0.786. The van der Waals surface area contributed by atoms with Crippen molar-refractivity contribution in [3.8, 4) is 0 Å². The van der Waals surface area contributed by atoms with Crippen molar-refractivity contribution in [3.63, 3.8) is 0 Å². The Kier molecular flexibility index (Phi) is 6.36. The maximum atomic E-state index is 5.99. The molecule has 1 aromatic rings. The van der Waals surface area contributed by atoms with E-state index in [-0.39, 0.29) is 6.04 Å². The second-order valence-corrected chi connectivity index (χ2v) is 4.95. The zero-order valence-electron chi connectivity index (χ0n) is 12.3. The first kappa shape index (κ1) is 15.2. The Balaban J connectivity index is 2.81. The first-order valence-electron chi connectivity index (χ1n) is 7.08. The molecule has 4 nitrogen and oxygen atoms in total. The Morgan fingerprint density at radius 1 is 1.33 bits per heavy atom. The van der Waals surface area contributed by atoms with E-state index in [2.05, 4.69) is 35.2 Å². The Morgan fingerprint density at radius 3 is 2.39 bits per heavy atom. The number of rotatable bonds is 8. The van der Waals surface area contributed by atoms with E-state index in [4.69, 9.17) is 5.73 Å². The topological polar surface area (TPSA) is 47.1 Å². The van der Waals surface area contributed by atoms with Crippen LogP contribution in [0.3, 0.4) is 0 Å². The minimum atomic E-state index is 0.281. The first-order chi connectivity index (χ1) is 8.67. The molecule has 1 heterocycles. The van der Waals surface area contributed by atoms with Gasteiger partial charge in [0.1, 0.15) is 0 Å². The van der Waals surface area contributed by atoms with Crippen LogP contribution in [0.1, 0.15) is 45.3 Å². The summed E-state index contributed by atoms with van der Waals surface area (Å²) >= 11 is 0. The molecule has 0 radical (unpaired) electrons. The van der Waals surface area contributed by atoms with Crippen molar-refractivity contribution in [2.24, 2.45) is 18.7 Å². The third-order valence-corrected chi connectivity index (χ3v) is 3.91. The third kappa shape index (κ3) is 3.56. The molecule has 2 N–H and O–H groups in total. The second kappa shape index (κ2) is 7.54. The summed E-state index contributed by atoms with van der Waals surface area (Å²) < 4.78 is 2.08. The van der Waals surface area contributed by atoms with Gasteiger partial charge in [0.25, 0.3) is 0 Å². The van der Waals surface area contributed by atoms with Crippen LogP contribution in [0.15, 0.2) is 12.5 Å². The first-order valence-corrected chi connectivity index (χ1v) is 7.08. The van der Waals surface area contributed by atoms with E-state index in [9.17, 15) is 0 Å². The van der Waals surface area contributed by atoms with Crippen LogP contribution in [0.25, 0.3) is 0 Å². The molecule has 0 amide bonds. The molecule has 0 aliphatic heterocycles. The van der Waals surface area contributed by atoms with Gasteiger partial charge in [0.15, 0.2) is 0 Å². The highest BCUT2D eigenvalue weighted by Gasteiger charge is 2.22. The molecule has 1 rings (SSSR count). The summed E-state index contributed by atoms with van der Waals surface area (Å²) in [4.78, 5) is 6.69. The molecule has 1 aromatic heterocycles. The highest BCUT2D eigenvalue weighted by molar-refractivity contribution is 5.06. The lowest BCUT2D eigenvalue weighted by molar-refractivity contribution is 0.169. The van der Waals surface area contributed by atoms with Crippen molar-refractivity contribution >= 4 is 0 Å². The largest absolute Gasteiger partial charge is 0.336 e. The molecule has 0 aliphatic rings. The van der Waals surface area contributed by atoms with Gasteiger partial charge in [-0.15, -0.1) is 0 Å². The SMILES string of the molecule is CCC(CC)CN(CC)C(CN)c1cncn1C. The molecule has 1 atom stereocenters. The minimum Gasteiger partial charge on any atom is -0.336 e. The predicted octanol–water partition coefficient (Wildman–Crippen LogP) is 2.18. The number of hydrogen-bond acceptors (Lipinski definition) is 3. The average molecular weight is 252 g/mol. The van der Waals surface area contributed by atoms with Gasteiger partial charge in [-0.2, -0.15) is 0 Å². The summed E-state index contributed by atoms with van der Waals surface area (Å²) in [7, 11) is 2.04. The molecule has 0 spiro atoms. The van der Waals surface area contributed by atoms with Crippen LogP contribution in [0.4, 0.5) is 0 Å². The van der Waals surface area contributed by atoms with Crippen LogP contribution in [0.5, 0.6) is 0 Å². The number of nitrogens with zero attached hydrogens (tertiary/aromatic N) is 3. The van der Waals surface area contributed by atoms with Crippen molar-refractivity contribution < 1.29 is 0 Å². The quantitative estimate of drug-likeness (QED) is 0.771. The molecular weight excluding hydrogens is 224 g/mol. The Hall–Kier alpha value is -0.870. The van der Waals surface area contributed by atoms with Crippen LogP contribution < -0.4 is 5.73 Å².